The minimum atomic E-state index is 0.354. The van der Waals surface area contributed by atoms with Crippen LogP contribution in [-0.4, -0.2) is 19.3 Å². The second kappa shape index (κ2) is 8.28. The van der Waals surface area contributed by atoms with Gasteiger partial charge in [0.1, 0.15) is 0 Å². The van der Waals surface area contributed by atoms with Gasteiger partial charge in [-0.3, -0.25) is 0 Å². The van der Waals surface area contributed by atoms with E-state index in [0.29, 0.717) is 6.10 Å². The van der Waals surface area contributed by atoms with Gasteiger partial charge in [-0.05, 0) is 63.8 Å². The van der Waals surface area contributed by atoms with Crippen molar-refractivity contribution >= 4 is 0 Å². The molecule has 1 aromatic carbocycles. The zero-order chi connectivity index (χ0) is 13.4. The summed E-state index contributed by atoms with van der Waals surface area (Å²) in [6, 6.07) is 6.48. The van der Waals surface area contributed by atoms with E-state index in [2.05, 4.69) is 51.2 Å². The fourth-order valence-corrected chi connectivity index (χ4v) is 2.01. The van der Waals surface area contributed by atoms with E-state index >= 15 is 0 Å². The molecule has 1 aromatic rings. The van der Waals surface area contributed by atoms with Crippen LogP contribution in [0, 0.1) is 13.8 Å². The second-order valence-corrected chi connectivity index (χ2v) is 5.17. The van der Waals surface area contributed by atoms with Crippen molar-refractivity contribution in [3.63, 3.8) is 0 Å². The lowest BCUT2D eigenvalue weighted by Gasteiger charge is -2.11. The highest BCUT2D eigenvalue weighted by Crippen LogP contribution is 2.12. The largest absolute Gasteiger partial charge is 0.379 e. The Balaban J connectivity index is 2.14. The molecule has 2 nitrogen and oxygen atoms in total. The summed E-state index contributed by atoms with van der Waals surface area (Å²) in [5.74, 6) is 0. The molecule has 0 saturated heterocycles. The topological polar surface area (TPSA) is 21.3 Å². The fraction of sp³-hybridized carbons (Fsp3) is 0.625. The molecule has 0 saturated carbocycles. The van der Waals surface area contributed by atoms with Gasteiger partial charge in [-0.1, -0.05) is 18.2 Å². The third-order valence-corrected chi connectivity index (χ3v) is 3.15. The van der Waals surface area contributed by atoms with Gasteiger partial charge in [0.2, 0.25) is 0 Å². The molecular weight excluding hydrogens is 222 g/mol. The molecule has 0 radical (unpaired) electrons. The van der Waals surface area contributed by atoms with E-state index < -0.39 is 0 Å². The summed E-state index contributed by atoms with van der Waals surface area (Å²) < 4.78 is 5.52. The van der Waals surface area contributed by atoms with Crippen LogP contribution in [0.25, 0.3) is 0 Å². The molecule has 0 aliphatic heterocycles. The summed E-state index contributed by atoms with van der Waals surface area (Å²) in [6.07, 6.45) is 2.67. The number of hydrogen-bond donors (Lipinski definition) is 1. The van der Waals surface area contributed by atoms with Crippen LogP contribution >= 0.6 is 0 Å². The van der Waals surface area contributed by atoms with Gasteiger partial charge >= 0.3 is 0 Å². The second-order valence-electron chi connectivity index (χ2n) is 5.17. The average molecular weight is 249 g/mol. The van der Waals surface area contributed by atoms with Gasteiger partial charge < -0.3 is 10.1 Å². The molecule has 102 valence electrons. The predicted octanol–water partition coefficient (Wildman–Crippen LogP) is 3.60. The molecule has 2 heteroatoms. The van der Waals surface area contributed by atoms with Gasteiger partial charge in [-0.15, -0.1) is 0 Å². The quantitative estimate of drug-likeness (QED) is 0.711. The van der Waals surface area contributed by atoms with Crippen molar-refractivity contribution in [2.45, 2.75) is 53.2 Å². The smallest absolute Gasteiger partial charge is 0.0518 e. The number of rotatable bonds is 8. The maximum Gasteiger partial charge on any atom is 0.0518 e. The van der Waals surface area contributed by atoms with Crippen LogP contribution in [-0.2, 0) is 11.3 Å². The Bertz CT molecular complexity index is 327. The SMILES string of the molecule is Cc1cccc(C)c1CNCCCCOC(C)C. The molecule has 1 rings (SSSR count). The highest BCUT2D eigenvalue weighted by Gasteiger charge is 2.01. The summed E-state index contributed by atoms with van der Waals surface area (Å²) in [5, 5.41) is 3.52. The van der Waals surface area contributed by atoms with E-state index in [1.165, 1.54) is 23.1 Å². The van der Waals surface area contributed by atoms with Crippen molar-refractivity contribution in [1.82, 2.24) is 5.32 Å². The molecule has 0 heterocycles. The van der Waals surface area contributed by atoms with Crippen LogP contribution in [0.15, 0.2) is 18.2 Å². The summed E-state index contributed by atoms with van der Waals surface area (Å²) in [4.78, 5) is 0. The number of aryl methyl sites for hydroxylation is 2. The first kappa shape index (κ1) is 15.2. The lowest BCUT2D eigenvalue weighted by atomic mass is 10.0. The number of nitrogens with one attached hydrogen (secondary N) is 1. The van der Waals surface area contributed by atoms with Crippen LogP contribution in [0.2, 0.25) is 0 Å². The highest BCUT2D eigenvalue weighted by molar-refractivity contribution is 5.33. The van der Waals surface area contributed by atoms with Crippen molar-refractivity contribution < 1.29 is 4.74 Å². The lowest BCUT2D eigenvalue weighted by Crippen LogP contribution is -2.17. The van der Waals surface area contributed by atoms with Gasteiger partial charge in [0.15, 0.2) is 0 Å². The predicted molar refractivity (Wildman–Crippen MR) is 77.9 cm³/mol. The van der Waals surface area contributed by atoms with Crippen molar-refractivity contribution in [2.24, 2.45) is 0 Å². The Labute approximate surface area is 112 Å². The summed E-state index contributed by atoms with van der Waals surface area (Å²) in [6.45, 7) is 11.4. The molecule has 18 heavy (non-hydrogen) atoms. The van der Waals surface area contributed by atoms with Crippen LogP contribution in [0.4, 0.5) is 0 Å². The zero-order valence-corrected chi connectivity index (χ0v) is 12.3. The third kappa shape index (κ3) is 5.65. The van der Waals surface area contributed by atoms with E-state index in [1.807, 2.05) is 0 Å². The van der Waals surface area contributed by atoms with E-state index in [9.17, 15) is 0 Å². The van der Waals surface area contributed by atoms with Crippen LogP contribution in [0.5, 0.6) is 0 Å². The maximum absolute atomic E-state index is 5.52. The monoisotopic (exact) mass is 249 g/mol. The van der Waals surface area contributed by atoms with E-state index in [4.69, 9.17) is 4.74 Å². The summed E-state index contributed by atoms with van der Waals surface area (Å²) >= 11 is 0. The molecule has 0 atom stereocenters. The molecule has 0 amide bonds. The van der Waals surface area contributed by atoms with Crippen molar-refractivity contribution in [2.75, 3.05) is 13.2 Å². The van der Waals surface area contributed by atoms with E-state index in [0.717, 1.165) is 26.1 Å². The zero-order valence-electron chi connectivity index (χ0n) is 12.3. The highest BCUT2D eigenvalue weighted by atomic mass is 16.5. The Kier molecular flexibility index (Phi) is 6.99. The Morgan fingerprint density at radius 3 is 2.39 bits per heavy atom. The van der Waals surface area contributed by atoms with Gasteiger partial charge in [0, 0.05) is 13.2 Å². The molecule has 0 spiro atoms. The first-order valence-electron chi connectivity index (χ1n) is 6.98. The molecule has 0 fully saturated rings. The Morgan fingerprint density at radius 1 is 1.11 bits per heavy atom. The number of benzene rings is 1. The van der Waals surface area contributed by atoms with Crippen molar-refractivity contribution in [3.05, 3.63) is 34.9 Å². The van der Waals surface area contributed by atoms with Crippen LogP contribution in [0.1, 0.15) is 43.4 Å². The molecule has 0 bridgehead atoms. The minimum absolute atomic E-state index is 0.354. The average Bonchev–Trinajstić information content (AvgIpc) is 2.30. The van der Waals surface area contributed by atoms with Crippen LogP contribution in [0.3, 0.4) is 0 Å². The number of ether oxygens (including phenoxy) is 1. The lowest BCUT2D eigenvalue weighted by molar-refractivity contribution is 0.0760. The number of unbranched alkanes of at least 4 members (excludes halogenated alkanes) is 1. The van der Waals surface area contributed by atoms with Gasteiger partial charge in [-0.2, -0.15) is 0 Å². The Hall–Kier alpha value is -0.860. The summed E-state index contributed by atoms with van der Waals surface area (Å²) in [5.41, 5.74) is 4.20. The molecule has 1 N–H and O–H groups in total. The number of hydrogen-bond acceptors (Lipinski definition) is 2. The van der Waals surface area contributed by atoms with Crippen LogP contribution < -0.4 is 5.32 Å². The van der Waals surface area contributed by atoms with Crippen molar-refractivity contribution in [1.29, 1.82) is 0 Å². The van der Waals surface area contributed by atoms with Gasteiger partial charge in [-0.25, -0.2) is 0 Å². The molecule has 0 aromatic heterocycles. The molecule has 0 aliphatic rings. The fourth-order valence-electron chi connectivity index (χ4n) is 2.01. The van der Waals surface area contributed by atoms with E-state index in [1.54, 1.807) is 0 Å². The third-order valence-electron chi connectivity index (χ3n) is 3.15. The standard InChI is InChI=1S/C16H27NO/c1-13(2)18-11-6-5-10-17-12-16-14(3)8-7-9-15(16)4/h7-9,13,17H,5-6,10-12H2,1-4H3. The molecule has 0 aliphatic carbocycles. The van der Waals surface area contributed by atoms with E-state index in [-0.39, 0.29) is 0 Å². The Morgan fingerprint density at radius 2 is 1.78 bits per heavy atom. The van der Waals surface area contributed by atoms with Crippen molar-refractivity contribution in [3.8, 4) is 0 Å². The first-order chi connectivity index (χ1) is 8.61. The maximum atomic E-state index is 5.52. The van der Waals surface area contributed by atoms with Gasteiger partial charge in [0.25, 0.3) is 0 Å². The molecular formula is C16H27NO. The normalized spacial score (nSPS) is 11.2. The minimum Gasteiger partial charge on any atom is -0.379 e. The molecule has 0 unspecified atom stereocenters. The summed E-state index contributed by atoms with van der Waals surface area (Å²) in [7, 11) is 0. The first-order valence-corrected chi connectivity index (χ1v) is 6.98. The van der Waals surface area contributed by atoms with Gasteiger partial charge in [0.05, 0.1) is 6.10 Å².